The number of hydrogen-bond donors (Lipinski definition) is 1. The molecule has 2 atom stereocenters. The van der Waals surface area contributed by atoms with E-state index in [1.54, 1.807) is 0 Å². The summed E-state index contributed by atoms with van der Waals surface area (Å²) in [5.41, 5.74) is 2.31. The first-order valence-corrected chi connectivity index (χ1v) is 8.92. The van der Waals surface area contributed by atoms with Gasteiger partial charge in [0.25, 0.3) is 0 Å². The average Bonchev–Trinajstić information content (AvgIpc) is 2.61. The number of carbonyl (C=O) groups excluding carboxylic acids is 1. The molecule has 0 aliphatic carbocycles. The first-order valence-electron chi connectivity index (χ1n) is 8.92. The van der Waals surface area contributed by atoms with E-state index in [0.29, 0.717) is 12.5 Å². The standard InChI is InChI=1S/C21H26N2O2/c1-17-12-20(15-23(13-17)14-18-8-4-2-5-9-18)22-21(24)25-16-19-10-6-3-7-11-19/h2-11,17,20H,12-16H2,1H3,(H,22,24)/t17-,20-/m0/s1. The molecule has 1 amide bonds. The molecule has 25 heavy (non-hydrogen) atoms. The van der Waals surface area contributed by atoms with Crippen LogP contribution in [-0.4, -0.2) is 30.1 Å². The van der Waals surface area contributed by atoms with Gasteiger partial charge in [-0.2, -0.15) is 0 Å². The van der Waals surface area contributed by atoms with E-state index < -0.39 is 0 Å². The van der Waals surface area contributed by atoms with Crippen LogP contribution in [0.15, 0.2) is 60.7 Å². The highest BCUT2D eigenvalue weighted by Gasteiger charge is 2.26. The van der Waals surface area contributed by atoms with E-state index in [9.17, 15) is 4.79 Å². The third kappa shape index (κ3) is 5.61. The normalized spacial score (nSPS) is 20.8. The van der Waals surface area contributed by atoms with E-state index in [2.05, 4.69) is 41.4 Å². The molecule has 1 heterocycles. The van der Waals surface area contributed by atoms with Gasteiger partial charge in [0, 0.05) is 25.7 Å². The molecule has 3 rings (SSSR count). The molecule has 4 heteroatoms. The molecule has 132 valence electrons. The number of hydrogen-bond acceptors (Lipinski definition) is 3. The van der Waals surface area contributed by atoms with Crippen LogP contribution in [0.5, 0.6) is 0 Å². The van der Waals surface area contributed by atoms with Crippen LogP contribution in [0.2, 0.25) is 0 Å². The third-order valence-electron chi connectivity index (χ3n) is 4.52. The Balaban J connectivity index is 1.48. The predicted octanol–water partition coefficient (Wildman–Crippen LogP) is 3.82. The Bertz CT molecular complexity index is 660. The van der Waals surface area contributed by atoms with Crippen molar-refractivity contribution in [2.75, 3.05) is 13.1 Å². The molecule has 0 saturated carbocycles. The van der Waals surface area contributed by atoms with Crippen LogP contribution in [0.25, 0.3) is 0 Å². The van der Waals surface area contributed by atoms with E-state index in [1.807, 2.05) is 36.4 Å². The molecule has 1 aliphatic rings. The Hall–Kier alpha value is -2.33. The minimum Gasteiger partial charge on any atom is -0.445 e. The number of likely N-dealkylation sites (tertiary alicyclic amines) is 1. The van der Waals surface area contributed by atoms with Gasteiger partial charge in [-0.05, 0) is 23.5 Å². The summed E-state index contributed by atoms with van der Waals surface area (Å²) in [6.45, 7) is 5.39. The summed E-state index contributed by atoms with van der Waals surface area (Å²) in [5.74, 6) is 0.553. The van der Waals surface area contributed by atoms with Crippen LogP contribution in [0.1, 0.15) is 24.5 Å². The molecule has 2 aromatic carbocycles. The van der Waals surface area contributed by atoms with Gasteiger partial charge in [-0.15, -0.1) is 0 Å². The molecule has 2 aromatic rings. The fraction of sp³-hybridized carbons (Fsp3) is 0.381. The number of nitrogens with zero attached hydrogens (tertiary/aromatic N) is 1. The van der Waals surface area contributed by atoms with Crippen LogP contribution in [0.3, 0.4) is 0 Å². The highest BCUT2D eigenvalue weighted by atomic mass is 16.5. The lowest BCUT2D eigenvalue weighted by Crippen LogP contribution is -2.50. The SMILES string of the molecule is C[C@H]1C[C@H](NC(=O)OCc2ccccc2)CN(Cc2ccccc2)C1. The summed E-state index contributed by atoms with van der Waals surface area (Å²) in [7, 11) is 0. The van der Waals surface area contributed by atoms with Crippen molar-refractivity contribution >= 4 is 6.09 Å². The van der Waals surface area contributed by atoms with Gasteiger partial charge in [-0.25, -0.2) is 4.79 Å². The molecule has 1 aliphatic heterocycles. The molecular formula is C21H26N2O2. The fourth-order valence-corrected chi connectivity index (χ4v) is 3.47. The summed E-state index contributed by atoms with van der Waals surface area (Å²) in [6, 6.07) is 20.4. The second kappa shape index (κ2) is 8.67. The molecule has 0 unspecified atom stereocenters. The van der Waals surface area contributed by atoms with Crippen LogP contribution >= 0.6 is 0 Å². The Morgan fingerprint density at radius 2 is 1.68 bits per heavy atom. The van der Waals surface area contributed by atoms with Gasteiger partial charge in [-0.3, -0.25) is 4.90 Å². The molecule has 0 bridgehead atoms. The van der Waals surface area contributed by atoms with Crippen molar-refractivity contribution in [3.63, 3.8) is 0 Å². The Morgan fingerprint density at radius 1 is 1.04 bits per heavy atom. The Labute approximate surface area is 149 Å². The first kappa shape index (κ1) is 17.5. The number of rotatable bonds is 5. The predicted molar refractivity (Wildman–Crippen MR) is 99.1 cm³/mol. The monoisotopic (exact) mass is 338 g/mol. The zero-order valence-electron chi connectivity index (χ0n) is 14.7. The zero-order chi connectivity index (χ0) is 17.5. The second-order valence-corrected chi connectivity index (χ2v) is 6.92. The Kier molecular flexibility index (Phi) is 6.07. The number of ether oxygens (including phenoxy) is 1. The van der Waals surface area contributed by atoms with Gasteiger partial charge in [0.15, 0.2) is 0 Å². The van der Waals surface area contributed by atoms with Gasteiger partial charge < -0.3 is 10.1 Å². The molecule has 0 spiro atoms. The molecular weight excluding hydrogens is 312 g/mol. The smallest absolute Gasteiger partial charge is 0.407 e. The lowest BCUT2D eigenvalue weighted by atomic mass is 9.95. The summed E-state index contributed by atoms with van der Waals surface area (Å²) < 4.78 is 5.35. The maximum Gasteiger partial charge on any atom is 0.407 e. The number of nitrogens with one attached hydrogen (secondary N) is 1. The van der Waals surface area contributed by atoms with Crippen molar-refractivity contribution < 1.29 is 9.53 Å². The highest BCUT2D eigenvalue weighted by molar-refractivity contribution is 5.67. The van der Waals surface area contributed by atoms with Crippen LogP contribution in [0.4, 0.5) is 4.79 Å². The summed E-state index contributed by atoms with van der Waals surface area (Å²) in [4.78, 5) is 14.5. The van der Waals surface area contributed by atoms with Crippen molar-refractivity contribution in [1.82, 2.24) is 10.2 Å². The van der Waals surface area contributed by atoms with Crippen molar-refractivity contribution in [2.45, 2.75) is 32.5 Å². The zero-order valence-corrected chi connectivity index (χ0v) is 14.7. The first-order chi connectivity index (χ1) is 12.2. The summed E-state index contributed by atoms with van der Waals surface area (Å²) in [6.07, 6.45) is 0.661. The van der Waals surface area contributed by atoms with Gasteiger partial charge in [-0.1, -0.05) is 67.6 Å². The molecule has 1 N–H and O–H groups in total. The Morgan fingerprint density at radius 3 is 2.36 bits per heavy atom. The van der Waals surface area contributed by atoms with Crippen molar-refractivity contribution in [3.8, 4) is 0 Å². The van der Waals surface area contributed by atoms with Gasteiger partial charge in [0.05, 0.1) is 0 Å². The molecule has 0 aromatic heterocycles. The number of carbonyl (C=O) groups is 1. The number of amides is 1. The van der Waals surface area contributed by atoms with Crippen molar-refractivity contribution in [3.05, 3.63) is 71.8 Å². The van der Waals surface area contributed by atoms with Crippen LogP contribution in [-0.2, 0) is 17.9 Å². The third-order valence-corrected chi connectivity index (χ3v) is 4.52. The largest absolute Gasteiger partial charge is 0.445 e. The molecule has 1 fully saturated rings. The van der Waals surface area contributed by atoms with E-state index in [1.165, 1.54) is 5.56 Å². The maximum atomic E-state index is 12.1. The van der Waals surface area contributed by atoms with E-state index in [-0.39, 0.29) is 12.1 Å². The maximum absolute atomic E-state index is 12.1. The highest BCUT2D eigenvalue weighted by Crippen LogP contribution is 2.18. The minimum absolute atomic E-state index is 0.135. The van der Waals surface area contributed by atoms with Gasteiger partial charge in [0.1, 0.15) is 6.61 Å². The van der Waals surface area contributed by atoms with Gasteiger partial charge in [0.2, 0.25) is 0 Å². The van der Waals surface area contributed by atoms with Crippen LogP contribution in [0, 0.1) is 5.92 Å². The fourth-order valence-electron chi connectivity index (χ4n) is 3.47. The molecule has 1 saturated heterocycles. The number of alkyl carbamates (subject to hydrolysis) is 1. The molecule has 0 radical (unpaired) electrons. The molecule has 4 nitrogen and oxygen atoms in total. The van der Waals surface area contributed by atoms with E-state index in [4.69, 9.17) is 4.74 Å². The van der Waals surface area contributed by atoms with Crippen molar-refractivity contribution in [2.24, 2.45) is 5.92 Å². The summed E-state index contributed by atoms with van der Waals surface area (Å²) in [5, 5.41) is 3.03. The number of benzene rings is 2. The van der Waals surface area contributed by atoms with Gasteiger partial charge >= 0.3 is 6.09 Å². The van der Waals surface area contributed by atoms with Crippen LogP contribution < -0.4 is 5.32 Å². The number of piperidine rings is 1. The lowest BCUT2D eigenvalue weighted by Gasteiger charge is -2.36. The quantitative estimate of drug-likeness (QED) is 0.901. The second-order valence-electron chi connectivity index (χ2n) is 6.92. The minimum atomic E-state index is -0.331. The topological polar surface area (TPSA) is 41.6 Å². The van der Waals surface area contributed by atoms with Crippen molar-refractivity contribution in [1.29, 1.82) is 0 Å². The average molecular weight is 338 g/mol. The van der Waals surface area contributed by atoms with E-state index in [0.717, 1.165) is 31.6 Å². The van der Waals surface area contributed by atoms with E-state index >= 15 is 0 Å². The summed E-state index contributed by atoms with van der Waals surface area (Å²) >= 11 is 0. The lowest BCUT2D eigenvalue weighted by molar-refractivity contribution is 0.111.